The van der Waals surface area contributed by atoms with Crippen LogP contribution in [0.15, 0.2) is 66.9 Å². The van der Waals surface area contributed by atoms with Crippen LogP contribution in [0.5, 0.6) is 0 Å². The van der Waals surface area contributed by atoms with E-state index in [1.807, 2.05) is 41.3 Å². The van der Waals surface area contributed by atoms with Gasteiger partial charge >= 0.3 is 0 Å². The molecule has 0 atom stereocenters. The van der Waals surface area contributed by atoms with Crippen LogP contribution in [0.2, 0.25) is 0 Å². The van der Waals surface area contributed by atoms with Gasteiger partial charge in [-0.1, -0.05) is 18.2 Å². The van der Waals surface area contributed by atoms with Crippen LogP contribution >= 0.6 is 0 Å². The molecule has 1 aliphatic rings. The number of carbonyl (C=O) groups excluding carboxylic acids is 1. The summed E-state index contributed by atoms with van der Waals surface area (Å²) in [4.78, 5) is 21.6. The predicted octanol–water partition coefficient (Wildman–Crippen LogP) is 4.87. The number of hydrogen-bond donors (Lipinski definition) is 1. The molecule has 0 unspecified atom stereocenters. The highest BCUT2D eigenvalue weighted by Crippen LogP contribution is 2.29. The Morgan fingerprint density at radius 2 is 1.83 bits per heavy atom. The SMILES string of the molecule is CCN(CC)c1ccc(Nc2cc(C(=O)N3CCc4ccccc43)ccn2)cc1. The van der Waals surface area contributed by atoms with Crippen LogP contribution in [0.1, 0.15) is 29.8 Å². The van der Waals surface area contributed by atoms with E-state index in [0.717, 1.165) is 37.4 Å². The third-order valence-electron chi connectivity index (χ3n) is 5.41. The molecule has 0 spiro atoms. The molecule has 3 aromatic rings. The molecule has 1 aliphatic heterocycles. The number of rotatable bonds is 6. The van der Waals surface area contributed by atoms with Crippen LogP contribution in [0, 0.1) is 0 Å². The Morgan fingerprint density at radius 1 is 1.07 bits per heavy atom. The van der Waals surface area contributed by atoms with Gasteiger partial charge in [-0.25, -0.2) is 4.98 Å². The molecule has 1 N–H and O–H groups in total. The lowest BCUT2D eigenvalue weighted by Gasteiger charge is -2.21. The fraction of sp³-hybridized carbons (Fsp3) is 0.250. The van der Waals surface area contributed by atoms with E-state index in [0.29, 0.717) is 11.4 Å². The monoisotopic (exact) mass is 386 g/mol. The lowest BCUT2D eigenvalue weighted by atomic mass is 10.1. The number of para-hydroxylation sites is 1. The number of benzene rings is 2. The minimum absolute atomic E-state index is 0.0114. The summed E-state index contributed by atoms with van der Waals surface area (Å²) in [6.45, 7) is 6.99. The lowest BCUT2D eigenvalue weighted by molar-refractivity contribution is 0.0989. The van der Waals surface area contributed by atoms with Gasteiger partial charge in [0.15, 0.2) is 0 Å². The van der Waals surface area contributed by atoms with Crippen LogP contribution in [0.25, 0.3) is 0 Å². The second-order valence-electron chi connectivity index (χ2n) is 7.11. The molecule has 1 amide bonds. The molecular weight excluding hydrogens is 360 g/mol. The van der Waals surface area contributed by atoms with Crippen LogP contribution in [-0.4, -0.2) is 30.5 Å². The predicted molar refractivity (Wildman–Crippen MR) is 119 cm³/mol. The Balaban J connectivity index is 1.50. The normalized spacial score (nSPS) is 12.6. The molecule has 0 fully saturated rings. The molecular formula is C24H26N4O. The third-order valence-corrected chi connectivity index (χ3v) is 5.41. The number of amides is 1. The van der Waals surface area contributed by atoms with Gasteiger partial charge in [-0.3, -0.25) is 4.79 Å². The van der Waals surface area contributed by atoms with Gasteiger partial charge < -0.3 is 15.1 Å². The molecule has 0 saturated carbocycles. The summed E-state index contributed by atoms with van der Waals surface area (Å²) in [6.07, 6.45) is 2.58. The van der Waals surface area contributed by atoms with Crippen LogP contribution in [-0.2, 0) is 6.42 Å². The number of pyridine rings is 1. The summed E-state index contributed by atoms with van der Waals surface area (Å²) in [6, 6.07) is 20.0. The molecule has 29 heavy (non-hydrogen) atoms. The van der Waals surface area contributed by atoms with E-state index in [1.165, 1.54) is 11.3 Å². The zero-order valence-corrected chi connectivity index (χ0v) is 16.9. The van der Waals surface area contributed by atoms with E-state index >= 15 is 0 Å². The summed E-state index contributed by atoms with van der Waals surface area (Å²) >= 11 is 0. The molecule has 5 nitrogen and oxygen atoms in total. The highest BCUT2D eigenvalue weighted by atomic mass is 16.2. The Bertz CT molecular complexity index is 996. The highest BCUT2D eigenvalue weighted by molar-refractivity contribution is 6.07. The van der Waals surface area contributed by atoms with Gasteiger partial charge in [-0.15, -0.1) is 0 Å². The minimum Gasteiger partial charge on any atom is -0.372 e. The molecule has 5 heteroatoms. The fourth-order valence-electron chi connectivity index (χ4n) is 3.83. The Labute approximate surface area is 172 Å². The molecule has 2 heterocycles. The van der Waals surface area contributed by atoms with Gasteiger partial charge in [0, 0.05) is 48.5 Å². The van der Waals surface area contributed by atoms with Crippen molar-refractivity contribution in [2.75, 3.05) is 34.8 Å². The summed E-state index contributed by atoms with van der Waals surface area (Å²) in [5.41, 5.74) is 5.02. The first-order valence-corrected chi connectivity index (χ1v) is 10.2. The van der Waals surface area contributed by atoms with Gasteiger partial charge in [0.2, 0.25) is 0 Å². The molecule has 0 aliphatic carbocycles. The average Bonchev–Trinajstić information content (AvgIpc) is 3.20. The van der Waals surface area contributed by atoms with Crippen LogP contribution in [0.3, 0.4) is 0 Å². The van der Waals surface area contributed by atoms with Crippen molar-refractivity contribution in [1.82, 2.24) is 4.98 Å². The van der Waals surface area contributed by atoms with Crippen LogP contribution in [0.4, 0.5) is 22.9 Å². The van der Waals surface area contributed by atoms with Gasteiger partial charge in [0.1, 0.15) is 5.82 Å². The summed E-state index contributed by atoms with van der Waals surface area (Å²) in [5.74, 6) is 0.677. The number of fused-ring (bicyclic) bond motifs is 1. The fourth-order valence-corrected chi connectivity index (χ4v) is 3.83. The number of aromatic nitrogens is 1. The Hall–Kier alpha value is -3.34. The van der Waals surface area contributed by atoms with E-state index in [-0.39, 0.29) is 5.91 Å². The summed E-state index contributed by atoms with van der Waals surface area (Å²) < 4.78 is 0. The van der Waals surface area contributed by atoms with Gasteiger partial charge in [0.05, 0.1) is 0 Å². The molecule has 1 aromatic heterocycles. The maximum absolute atomic E-state index is 13.1. The van der Waals surface area contributed by atoms with Gasteiger partial charge in [-0.05, 0) is 68.3 Å². The van der Waals surface area contributed by atoms with E-state index < -0.39 is 0 Å². The second-order valence-corrected chi connectivity index (χ2v) is 7.11. The van der Waals surface area contributed by atoms with Crippen LogP contribution < -0.4 is 15.1 Å². The molecule has 4 rings (SSSR count). The standard InChI is InChI=1S/C24H26N4O/c1-3-27(4-2)21-11-9-20(10-12-21)26-23-17-19(13-15-25-23)24(29)28-16-14-18-7-5-6-8-22(18)28/h5-13,15,17H,3-4,14,16H2,1-2H3,(H,25,26). The van der Waals surface area contributed by atoms with Gasteiger partial charge in [-0.2, -0.15) is 0 Å². The minimum atomic E-state index is 0.0114. The largest absolute Gasteiger partial charge is 0.372 e. The average molecular weight is 386 g/mol. The van der Waals surface area contributed by atoms with Gasteiger partial charge in [0.25, 0.3) is 5.91 Å². The highest BCUT2D eigenvalue weighted by Gasteiger charge is 2.25. The first kappa shape index (κ1) is 19.0. The van der Waals surface area contributed by atoms with Crippen molar-refractivity contribution in [2.24, 2.45) is 0 Å². The van der Waals surface area contributed by atoms with E-state index in [4.69, 9.17) is 0 Å². The second kappa shape index (κ2) is 8.35. The molecule has 2 aromatic carbocycles. The molecule has 148 valence electrons. The number of nitrogens with one attached hydrogen (secondary N) is 1. The van der Waals surface area contributed by atoms with E-state index in [2.05, 4.69) is 47.2 Å². The Morgan fingerprint density at radius 3 is 2.59 bits per heavy atom. The topological polar surface area (TPSA) is 48.5 Å². The summed E-state index contributed by atoms with van der Waals surface area (Å²) in [7, 11) is 0. The van der Waals surface area contributed by atoms with Crippen molar-refractivity contribution in [3.8, 4) is 0 Å². The van der Waals surface area contributed by atoms with Crippen molar-refractivity contribution in [3.63, 3.8) is 0 Å². The van der Waals surface area contributed by atoms with Crippen molar-refractivity contribution in [2.45, 2.75) is 20.3 Å². The maximum atomic E-state index is 13.1. The number of carbonyl (C=O) groups is 1. The van der Waals surface area contributed by atoms with Crippen molar-refractivity contribution >= 4 is 28.8 Å². The van der Waals surface area contributed by atoms with E-state index in [9.17, 15) is 4.79 Å². The van der Waals surface area contributed by atoms with E-state index in [1.54, 1.807) is 12.3 Å². The van der Waals surface area contributed by atoms with Crippen molar-refractivity contribution in [3.05, 3.63) is 78.0 Å². The zero-order chi connectivity index (χ0) is 20.2. The molecule has 0 bridgehead atoms. The molecule has 0 saturated heterocycles. The molecule has 0 radical (unpaired) electrons. The lowest BCUT2D eigenvalue weighted by Crippen LogP contribution is -2.28. The van der Waals surface area contributed by atoms with Crippen molar-refractivity contribution < 1.29 is 4.79 Å². The Kier molecular flexibility index (Phi) is 5.47. The first-order chi connectivity index (χ1) is 14.2. The smallest absolute Gasteiger partial charge is 0.258 e. The zero-order valence-electron chi connectivity index (χ0n) is 16.9. The number of hydrogen-bond acceptors (Lipinski definition) is 4. The van der Waals surface area contributed by atoms with Crippen molar-refractivity contribution in [1.29, 1.82) is 0 Å². The maximum Gasteiger partial charge on any atom is 0.258 e. The first-order valence-electron chi connectivity index (χ1n) is 10.2. The summed E-state index contributed by atoms with van der Waals surface area (Å²) in [5, 5.41) is 3.31. The quantitative estimate of drug-likeness (QED) is 0.656. The number of nitrogens with zero attached hydrogens (tertiary/aromatic N) is 3. The number of anilines is 4. The third kappa shape index (κ3) is 3.94.